The Bertz CT molecular complexity index is 942. The second-order valence-electron chi connectivity index (χ2n) is 6.19. The highest BCUT2D eigenvalue weighted by atomic mass is 16.2. The maximum atomic E-state index is 13.1. The molecule has 128 valence electrons. The molecular formula is C17H18N6O2. The summed E-state index contributed by atoms with van der Waals surface area (Å²) in [7, 11) is 0. The molecule has 8 nitrogen and oxygen atoms in total. The van der Waals surface area contributed by atoms with Crippen LogP contribution >= 0.6 is 0 Å². The zero-order valence-electron chi connectivity index (χ0n) is 13.6. The van der Waals surface area contributed by atoms with Crippen molar-refractivity contribution in [3.63, 3.8) is 0 Å². The topological polar surface area (TPSA) is 96.2 Å². The van der Waals surface area contributed by atoms with E-state index in [1.165, 1.54) is 17.0 Å². The lowest BCUT2D eigenvalue weighted by Crippen LogP contribution is -2.41. The van der Waals surface area contributed by atoms with Gasteiger partial charge in [0.15, 0.2) is 0 Å². The number of aromatic nitrogens is 5. The van der Waals surface area contributed by atoms with Crippen LogP contribution in [0.5, 0.6) is 0 Å². The molecule has 1 saturated carbocycles. The molecule has 1 amide bonds. The number of H-pyrrole nitrogens is 1. The smallest absolute Gasteiger partial charge is 0.286 e. The van der Waals surface area contributed by atoms with Crippen molar-refractivity contribution in [2.75, 3.05) is 0 Å². The fraction of sp³-hybridized carbons (Fsp3) is 0.353. The summed E-state index contributed by atoms with van der Waals surface area (Å²) in [5, 5.41) is 2.69. The Morgan fingerprint density at radius 1 is 1.24 bits per heavy atom. The summed E-state index contributed by atoms with van der Waals surface area (Å²) < 4.78 is 1.18. The third-order valence-corrected chi connectivity index (χ3v) is 4.62. The molecule has 3 heterocycles. The maximum Gasteiger partial charge on any atom is 0.286 e. The van der Waals surface area contributed by atoms with Gasteiger partial charge in [-0.25, -0.2) is 9.97 Å². The minimum atomic E-state index is -0.434. The van der Waals surface area contributed by atoms with Crippen LogP contribution in [0.15, 0.2) is 41.7 Å². The Morgan fingerprint density at radius 2 is 2.08 bits per heavy atom. The first-order chi connectivity index (χ1) is 12.2. The van der Waals surface area contributed by atoms with E-state index in [1.807, 2.05) is 18.2 Å². The van der Waals surface area contributed by atoms with E-state index in [9.17, 15) is 9.59 Å². The van der Waals surface area contributed by atoms with Crippen molar-refractivity contribution in [2.45, 2.75) is 38.3 Å². The van der Waals surface area contributed by atoms with Crippen LogP contribution in [-0.2, 0) is 6.54 Å². The second kappa shape index (κ2) is 6.46. The zero-order valence-corrected chi connectivity index (χ0v) is 13.6. The molecule has 1 N–H and O–H groups in total. The van der Waals surface area contributed by atoms with Crippen LogP contribution in [0.2, 0.25) is 0 Å². The average molecular weight is 338 g/mol. The van der Waals surface area contributed by atoms with Crippen molar-refractivity contribution in [1.82, 2.24) is 29.5 Å². The van der Waals surface area contributed by atoms with Gasteiger partial charge >= 0.3 is 0 Å². The Kier molecular flexibility index (Phi) is 4.01. The summed E-state index contributed by atoms with van der Waals surface area (Å²) in [6.45, 7) is 0.384. The van der Waals surface area contributed by atoms with E-state index in [0.29, 0.717) is 6.54 Å². The minimum Gasteiger partial charge on any atom is -0.330 e. The van der Waals surface area contributed by atoms with Crippen LogP contribution in [0, 0.1) is 0 Å². The third kappa shape index (κ3) is 2.90. The second-order valence-corrected chi connectivity index (χ2v) is 6.19. The van der Waals surface area contributed by atoms with Crippen molar-refractivity contribution in [2.24, 2.45) is 0 Å². The van der Waals surface area contributed by atoms with Crippen LogP contribution in [0.4, 0.5) is 0 Å². The molecule has 0 saturated heterocycles. The number of nitrogens with zero attached hydrogens (tertiary/aromatic N) is 5. The van der Waals surface area contributed by atoms with E-state index in [2.05, 4.69) is 20.1 Å². The first-order valence-electron chi connectivity index (χ1n) is 8.36. The number of aromatic amines is 1. The fourth-order valence-corrected chi connectivity index (χ4v) is 3.35. The molecule has 1 fully saturated rings. The summed E-state index contributed by atoms with van der Waals surface area (Å²) in [4.78, 5) is 39.8. The Morgan fingerprint density at radius 3 is 2.84 bits per heavy atom. The number of carbonyl (C=O) groups is 1. The monoisotopic (exact) mass is 338 g/mol. The van der Waals surface area contributed by atoms with Gasteiger partial charge in [-0.2, -0.15) is 4.52 Å². The number of carbonyl (C=O) groups excluding carboxylic acids is 1. The lowest BCUT2D eigenvalue weighted by atomic mass is 10.1. The molecule has 3 aromatic rings. The Labute approximate surface area is 143 Å². The van der Waals surface area contributed by atoms with E-state index < -0.39 is 5.56 Å². The molecule has 0 radical (unpaired) electrons. The van der Waals surface area contributed by atoms with E-state index in [-0.39, 0.29) is 23.3 Å². The quantitative estimate of drug-likeness (QED) is 0.775. The van der Waals surface area contributed by atoms with Crippen molar-refractivity contribution in [1.29, 1.82) is 0 Å². The number of rotatable bonds is 4. The van der Waals surface area contributed by atoms with E-state index in [1.54, 1.807) is 11.1 Å². The van der Waals surface area contributed by atoms with Gasteiger partial charge in [-0.3, -0.25) is 19.7 Å². The van der Waals surface area contributed by atoms with Crippen molar-refractivity contribution < 1.29 is 4.79 Å². The van der Waals surface area contributed by atoms with Crippen LogP contribution in [0.3, 0.4) is 0 Å². The molecule has 0 spiro atoms. The Balaban J connectivity index is 1.71. The maximum absolute atomic E-state index is 13.1. The number of hydrogen-bond acceptors (Lipinski definition) is 5. The first-order valence-corrected chi connectivity index (χ1v) is 8.36. The molecule has 0 aromatic carbocycles. The molecule has 0 unspecified atom stereocenters. The van der Waals surface area contributed by atoms with Gasteiger partial charge in [-0.05, 0) is 25.0 Å². The molecule has 1 aliphatic carbocycles. The number of amides is 1. The van der Waals surface area contributed by atoms with Gasteiger partial charge in [0.05, 0.1) is 12.2 Å². The molecular weight excluding hydrogens is 320 g/mol. The molecule has 0 atom stereocenters. The molecule has 0 aliphatic heterocycles. The lowest BCUT2D eigenvalue weighted by molar-refractivity contribution is 0.0659. The third-order valence-electron chi connectivity index (χ3n) is 4.62. The fourth-order valence-electron chi connectivity index (χ4n) is 3.35. The molecule has 25 heavy (non-hydrogen) atoms. The van der Waals surface area contributed by atoms with Crippen LogP contribution in [0.1, 0.15) is 41.7 Å². The number of pyridine rings is 1. The predicted molar refractivity (Wildman–Crippen MR) is 90.0 cm³/mol. The lowest BCUT2D eigenvalue weighted by Gasteiger charge is -2.28. The highest BCUT2D eigenvalue weighted by Gasteiger charge is 2.30. The number of nitrogens with one attached hydrogen (secondary N) is 1. The van der Waals surface area contributed by atoms with E-state index in [4.69, 9.17) is 0 Å². The zero-order chi connectivity index (χ0) is 17.2. The predicted octanol–water partition coefficient (Wildman–Crippen LogP) is 1.40. The van der Waals surface area contributed by atoms with Crippen LogP contribution < -0.4 is 5.56 Å². The molecule has 0 bridgehead atoms. The van der Waals surface area contributed by atoms with Crippen LogP contribution in [-0.4, -0.2) is 41.4 Å². The van der Waals surface area contributed by atoms with Gasteiger partial charge in [0.2, 0.25) is 0 Å². The van der Waals surface area contributed by atoms with Crippen molar-refractivity contribution in [3.8, 4) is 0 Å². The van der Waals surface area contributed by atoms with Crippen molar-refractivity contribution >= 4 is 11.7 Å². The first kappa shape index (κ1) is 15.5. The van der Waals surface area contributed by atoms with Gasteiger partial charge in [-0.1, -0.05) is 18.9 Å². The largest absolute Gasteiger partial charge is 0.330 e. The van der Waals surface area contributed by atoms with Gasteiger partial charge in [0.1, 0.15) is 11.9 Å². The molecule has 8 heteroatoms. The van der Waals surface area contributed by atoms with E-state index in [0.717, 1.165) is 31.4 Å². The van der Waals surface area contributed by atoms with Crippen LogP contribution in [0.25, 0.3) is 5.78 Å². The molecule has 4 rings (SSSR count). The standard InChI is InChI=1S/C17H18N6O2/c24-15(14-9-19-17-20-11-21-23(17)16(14)25)22(13-6-1-2-7-13)10-12-5-3-4-8-18-12/h3-5,8-9,11,13H,1-2,6-7,10H2,(H,19,20,21). The summed E-state index contributed by atoms with van der Waals surface area (Å²) in [6, 6.07) is 5.75. The summed E-state index contributed by atoms with van der Waals surface area (Å²) in [5.41, 5.74) is 0.416. The SMILES string of the molecule is O=C(c1cnc2nc[nH]n2c1=O)N(Cc1ccccn1)C1CCCC1. The van der Waals surface area contributed by atoms with Crippen molar-refractivity contribution in [3.05, 3.63) is 58.5 Å². The number of hydrogen-bond donors (Lipinski definition) is 1. The van der Waals surface area contributed by atoms with Gasteiger partial charge in [0.25, 0.3) is 17.2 Å². The molecule has 1 aliphatic rings. The summed E-state index contributed by atoms with van der Waals surface area (Å²) in [5.74, 6) is -0.0576. The van der Waals surface area contributed by atoms with Gasteiger partial charge in [-0.15, -0.1) is 0 Å². The molecule has 3 aromatic heterocycles. The minimum absolute atomic E-state index is 0.0459. The Hall–Kier alpha value is -3.03. The summed E-state index contributed by atoms with van der Waals surface area (Å²) >= 11 is 0. The van der Waals surface area contributed by atoms with Gasteiger partial charge < -0.3 is 4.90 Å². The normalized spacial score (nSPS) is 14.9. The highest BCUT2D eigenvalue weighted by Crippen LogP contribution is 2.25. The van der Waals surface area contributed by atoms with E-state index >= 15 is 0 Å². The average Bonchev–Trinajstić information content (AvgIpc) is 3.32. The highest BCUT2D eigenvalue weighted by molar-refractivity contribution is 5.94. The number of fused-ring (bicyclic) bond motifs is 1. The van der Waals surface area contributed by atoms with Gasteiger partial charge in [0, 0.05) is 18.4 Å². The summed E-state index contributed by atoms with van der Waals surface area (Å²) in [6.07, 6.45) is 8.47.